The molecule has 3 heterocycles. The Hall–Kier alpha value is -1.91. The molecular formula is C18H26FIN6O. The topological polar surface area (TPSA) is 78.6 Å². The third kappa shape index (κ3) is 5.53. The van der Waals surface area contributed by atoms with E-state index in [4.69, 9.17) is 4.42 Å². The summed E-state index contributed by atoms with van der Waals surface area (Å²) in [6.45, 7) is 8.37. The molecule has 0 radical (unpaired) electrons. The van der Waals surface area contributed by atoms with Crippen LogP contribution in [0.1, 0.15) is 30.7 Å². The number of hydrogen-bond donors (Lipinski definition) is 2. The summed E-state index contributed by atoms with van der Waals surface area (Å²) in [5.74, 6) is 2.24. The number of rotatable bonds is 5. The molecule has 1 aliphatic rings. The molecule has 0 saturated carbocycles. The molecule has 1 fully saturated rings. The Kier molecular flexibility index (Phi) is 7.81. The molecule has 3 rings (SSSR count). The van der Waals surface area contributed by atoms with Gasteiger partial charge in [0.15, 0.2) is 17.6 Å². The van der Waals surface area contributed by atoms with Gasteiger partial charge in [0.05, 0.1) is 5.69 Å². The zero-order valence-electron chi connectivity index (χ0n) is 15.8. The molecular weight excluding hydrogens is 462 g/mol. The molecule has 9 heteroatoms. The highest BCUT2D eigenvalue weighted by molar-refractivity contribution is 14.0. The number of pyridine rings is 1. The number of nitrogens with one attached hydrogen (secondary N) is 2. The second-order valence-electron chi connectivity index (χ2n) is 6.33. The van der Waals surface area contributed by atoms with Crippen molar-refractivity contribution in [2.75, 3.05) is 24.5 Å². The van der Waals surface area contributed by atoms with Crippen molar-refractivity contribution in [2.24, 2.45) is 4.99 Å². The van der Waals surface area contributed by atoms with Gasteiger partial charge in [-0.15, -0.1) is 24.0 Å². The van der Waals surface area contributed by atoms with E-state index in [0.717, 1.165) is 31.0 Å². The largest absolute Gasteiger partial charge is 0.444 e. The fourth-order valence-corrected chi connectivity index (χ4v) is 2.95. The van der Waals surface area contributed by atoms with E-state index >= 15 is 0 Å². The third-order valence-corrected chi connectivity index (χ3v) is 4.36. The Balaban J connectivity index is 0.00000261. The van der Waals surface area contributed by atoms with Crippen molar-refractivity contribution >= 4 is 35.8 Å². The summed E-state index contributed by atoms with van der Waals surface area (Å²) in [4.78, 5) is 15.0. The Labute approximate surface area is 175 Å². The van der Waals surface area contributed by atoms with E-state index in [1.165, 1.54) is 6.07 Å². The molecule has 0 bridgehead atoms. The van der Waals surface area contributed by atoms with E-state index in [0.29, 0.717) is 30.8 Å². The number of guanidine groups is 1. The lowest BCUT2D eigenvalue weighted by molar-refractivity contribution is 0.472. The Bertz CT molecular complexity index is 761. The van der Waals surface area contributed by atoms with Gasteiger partial charge < -0.3 is 20.0 Å². The van der Waals surface area contributed by atoms with Gasteiger partial charge in [-0.1, -0.05) is 0 Å². The average molecular weight is 488 g/mol. The molecule has 27 heavy (non-hydrogen) atoms. The molecule has 1 saturated heterocycles. The zero-order valence-corrected chi connectivity index (χ0v) is 18.2. The fourth-order valence-electron chi connectivity index (χ4n) is 2.95. The van der Waals surface area contributed by atoms with Gasteiger partial charge in [0.25, 0.3) is 0 Å². The SMILES string of the molecule is CCNC(=NCc1nc(C)c(C)o1)NC1CCN(c2ncccc2F)C1.I. The molecule has 7 nitrogen and oxygen atoms in total. The summed E-state index contributed by atoms with van der Waals surface area (Å²) in [6, 6.07) is 3.21. The van der Waals surface area contributed by atoms with Crippen molar-refractivity contribution in [3.05, 3.63) is 41.5 Å². The van der Waals surface area contributed by atoms with E-state index in [-0.39, 0.29) is 35.8 Å². The van der Waals surface area contributed by atoms with Crippen LogP contribution in [0.2, 0.25) is 0 Å². The smallest absolute Gasteiger partial charge is 0.216 e. The molecule has 2 aromatic heterocycles. The van der Waals surface area contributed by atoms with Crippen molar-refractivity contribution < 1.29 is 8.81 Å². The molecule has 0 aromatic carbocycles. The number of aliphatic imine (C=N–C) groups is 1. The quantitative estimate of drug-likeness (QED) is 0.383. The van der Waals surface area contributed by atoms with Gasteiger partial charge in [0, 0.05) is 31.9 Å². The first-order valence-electron chi connectivity index (χ1n) is 8.90. The Morgan fingerprint density at radius 2 is 2.26 bits per heavy atom. The number of halogens is 2. The molecule has 1 unspecified atom stereocenters. The van der Waals surface area contributed by atoms with Crippen LogP contribution in [0.15, 0.2) is 27.7 Å². The van der Waals surface area contributed by atoms with Gasteiger partial charge in [-0.3, -0.25) is 0 Å². The van der Waals surface area contributed by atoms with Crippen molar-refractivity contribution in [2.45, 2.75) is 39.8 Å². The highest BCUT2D eigenvalue weighted by Crippen LogP contribution is 2.20. The molecule has 0 aliphatic carbocycles. The van der Waals surface area contributed by atoms with Crippen molar-refractivity contribution in [1.82, 2.24) is 20.6 Å². The van der Waals surface area contributed by atoms with E-state index in [9.17, 15) is 4.39 Å². The second-order valence-corrected chi connectivity index (χ2v) is 6.33. The van der Waals surface area contributed by atoms with Crippen LogP contribution in [-0.4, -0.2) is 41.6 Å². The number of hydrogen-bond acceptors (Lipinski definition) is 5. The minimum absolute atomic E-state index is 0. The summed E-state index contributed by atoms with van der Waals surface area (Å²) in [7, 11) is 0. The van der Waals surface area contributed by atoms with E-state index in [1.54, 1.807) is 12.3 Å². The van der Waals surface area contributed by atoms with Gasteiger partial charge in [-0.05, 0) is 39.3 Å². The van der Waals surface area contributed by atoms with Crippen molar-refractivity contribution in [3.8, 4) is 0 Å². The number of aromatic nitrogens is 2. The van der Waals surface area contributed by atoms with Crippen LogP contribution in [0.5, 0.6) is 0 Å². The lowest BCUT2D eigenvalue weighted by Crippen LogP contribution is -2.44. The highest BCUT2D eigenvalue weighted by atomic mass is 127. The van der Waals surface area contributed by atoms with Crippen LogP contribution in [0.25, 0.3) is 0 Å². The molecule has 1 aliphatic heterocycles. The van der Waals surface area contributed by atoms with Crippen molar-refractivity contribution in [3.63, 3.8) is 0 Å². The Morgan fingerprint density at radius 3 is 2.93 bits per heavy atom. The summed E-state index contributed by atoms with van der Waals surface area (Å²) < 4.78 is 19.5. The minimum atomic E-state index is -0.289. The van der Waals surface area contributed by atoms with E-state index < -0.39 is 0 Å². The highest BCUT2D eigenvalue weighted by Gasteiger charge is 2.26. The van der Waals surface area contributed by atoms with E-state index in [1.807, 2.05) is 25.7 Å². The summed E-state index contributed by atoms with van der Waals surface area (Å²) in [5, 5.41) is 6.63. The molecule has 2 N–H and O–H groups in total. The first kappa shape index (κ1) is 21.4. The Morgan fingerprint density at radius 1 is 1.44 bits per heavy atom. The summed E-state index contributed by atoms with van der Waals surface area (Å²) >= 11 is 0. The molecule has 2 aromatic rings. The average Bonchev–Trinajstić information content (AvgIpc) is 3.20. The van der Waals surface area contributed by atoms with Crippen LogP contribution in [-0.2, 0) is 6.54 Å². The monoisotopic (exact) mass is 488 g/mol. The maximum absolute atomic E-state index is 13.9. The lowest BCUT2D eigenvalue weighted by Gasteiger charge is -2.19. The van der Waals surface area contributed by atoms with Gasteiger partial charge in [-0.25, -0.2) is 19.4 Å². The summed E-state index contributed by atoms with van der Waals surface area (Å²) in [6.07, 6.45) is 2.50. The first-order chi connectivity index (χ1) is 12.6. The van der Waals surface area contributed by atoms with Crippen LogP contribution >= 0.6 is 24.0 Å². The standard InChI is InChI=1S/C18H25FN6O.HI/c1-4-20-18(22-10-16-23-12(2)13(3)26-16)24-14-7-9-25(11-14)17-15(19)6-5-8-21-17;/h5-6,8,14H,4,7,9-11H2,1-3H3,(H2,20,22,24);1H. The van der Waals surface area contributed by atoms with Gasteiger partial charge in [0.1, 0.15) is 12.3 Å². The first-order valence-corrected chi connectivity index (χ1v) is 8.90. The van der Waals surface area contributed by atoms with Crippen LogP contribution in [0.4, 0.5) is 10.2 Å². The number of aryl methyl sites for hydroxylation is 2. The number of anilines is 1. The second kappa shape index (κ2) is 9.86. The van der Waals surface area contributed by atoms with E-state index in [2.05, 4.69) is 25.6 Å². The molecule has 0 amide bonds. The zero-order chi connectivity index (χ0) is 18.5. The predicted molar refractivity (Wildman–Crippen MR) is 114 cm³/mol. The minimum Gasteiger partial charge on any atom is -0.444 e. The summed E-state index contributed by atoms with van der Waals surface area (Å²) in [5.41, 5.74) is 0.886. The molecule has 1 atom stereocenters. The molecule has 0 spiro atoms. The predicted octanol–water partition coefficient (Wildman–Crippen LogP) is 2.78. The van der Waals surface area contributed by atoms with Gasteiger partial charge >= 0.3 is 0 Å². The van der Waals surface area contributed by atoms with Gasteiger partial charge in [0.2, 0.25) is 5.89 Å². The van der Waals surface area contributed by atoms with Crippen molar-refractivity contribution in [1.29, 1.82) is 0 Å². The van der Waals surface area contributed by atoms with Crippen LogP contribution in [0.3, 0.4) is 0 Å². The number of nitrogens with zero attached hydrogens (tertiary/aromatic N) is 4. The normalized spacial score (nSPS) is 17.0. The van der Waals surface area contributed by atoms with Crippen LogP contribution < -0.4 is 15.5 Å². The lowest BCUT2D eigenvalue weighted by atomic mass is 10.3. The third-order valence-electron chi connectivity index (χ3n) is 4.36. The number of oxazole rings is 1. The maximum atomic E-state index is 13.9. The van der Waals surface area contributed by atoms with Crippen LogP contribution in [0, 0.1) is 19.7 Å². The molecule has 148 valence electrons. The fraction of sp³-hybridized carbons (Fsp3) is 0.500. The maximum Gasteiger partial charge on any atom is 0.216 e. The van der Waals surface area contributed by atoms with Gasteiger partial charge in [-0.2, -0.15) is 0 Å².